The molecule has 1 aliphatic heterocycles. The first-order valence-electron chi connectivity index (χ1n) is 9.60. The fourth-order valence-electron chi connectivity index (χ4n) is 3.40. The van der Waals surface area contributed by atoms with Gasteiger partial charge in [0.1, 0.15) is 0 Å². The molecule has 0 aliphatic carbocycles. The van der Waals surface area contributed by atoms with Crippen LogP contribution in [0.25, 0.3) is 0 Å². The number of sulfonamides is 1. The van der Waals surface area contributed by atoms with E-state index < -0.39 is 10.0 Å². The van der Waals surface area contributed by atoms with Crippen molar-refractivity contribution in [2.45, 2.75) is 17.7 Å². The highest BCUT2D eigenvalue weighted by molar-refractivity contribution is 7.89. The molecule has 0 bridgehead atoms. The first-order valence-corrected chi connectivity index (χ1v) is 11.4. The Labute approximate surface area is 182 Å². The quantitative estimate of drug-likeness (QED) is 0.645. The van der Waals surface area contributed by atoms with E-state index in [1.54, 1.807) is 17.0 Å². The van der Waals surface area contributed by atoms with Crippen molar-refractivity contribution in [3.63, 3.8) is 0 Å². The molecule has 2 aromatic rings. The van der Waals surface area contributed by atoms with Gasteiger partial charge < -0.3 is 14.4 Å². The summed E-state index contributed by atoms with van der Waals surface area (Å²) in [5.74, 6) is 0.815. The zero-order chi connectivity index (χ0) is 21.7. The lowest BCUT2D eigenvalue weighted by atomic mass is 10.1. The highest BCUT2D eigenvalue weighted by Crippen LogP contribution is 2.31. The van der Waals surface area contributed by atoms with E-state index in [2.05, 4.69) is 0 Å². The number of nitrogens with zero attached hydrogens (tertiary/aromatic N) is 2. The Bertz CT molecular complexity index is 1000. The molecule has 1 fully saturated rings. The average Bonchev–Trinajstić information content (AvgIpc) is 2.77. The number of piperazine rings is 1. The number of ether oxygens (including phenoxy) is 2. The molecule has 30 heavy (non-hydrogen) atoms. The van der Waals surface area contributed by atoms with E-state index in [4.69, 9.17) is 21.1 Å². The summed E-state index contributed by atoms with van der Waals surface area (Å²) >= 11 is 6.15. The van der Waals surface area contributed by atoms with Crippen LogP contribution in [0.5, 0.6) is 11.5 Å². The maximum absolute atomic E-state index is 13.0. The highest BCUT2D eigenvalue weighted by atomic mass is 35.5. The van der Waals surface area contributed by atoms with Crippen LogP contribution in [0.4, 0.5) is 0 Å². The summed E-state index contributed by atoms with van der Waals surface area (Å²) in [7, 11) is -0.734. The molecule has 1 aliphatic rings. The Kier molecular flexibility index (Phi) is 7.23. The zero-order valence-electron chi connectivity index (χ0n) is 17.0. The highest BCUT2D eigenvalue weighted by Gasteiger charge is 2.30. The lowest BCUT2D eigenvalue weighted by molar-refractivity contribution is -0.132. The van der Waals surface area contributed by atoms with Gasteiger partial charge in [0.25, 0.3) is 0 Å². The number of carbonyl (C=O) groups excluding carboxylic acids is 1. The van der Waals surface area contributed by atoms with Crippen LogP contribution in [0.15, 0.2) is 47.4 Å². The second kappa shape index (κ2) is 9.68. The molecule has 0 N–H and O–H groups in total. The topological polar surface area (TPSA) is 76.2 Å². The van der Waals surface area contributed by atoms with Crippen LogP contribution in [0.3, 0.4) is 0 Å². The minimum Gasteiger partial charge on any atom is -0.493 e. The van der Waals surface area contributed by atoms with E-state index in [0.717, 1.165) is 5.56 Å². The average molecular weight is 453 g/mol. The van der Waals surface area contributed by atoms with E-state index in [1.807, 2.05) is 18.2 Å². The van der Waals surface area contributed by atoms with Crippen molar-refractivity contribution in [2.75, 3.05) is 40.4 Å². The number of halogens is 1. The van der Waals surface area contributed by atoms with Crippen molar-refractivity contribution in [3.05, 3.63) is 53.1 Å². The molecule has 3 rings (SSSR count). The first-order chi connectivity index (χ1) is 14.4. The van der Waals surface area contributed by atoms with Crippen molar-refractivity contribution in [2.24, 2.45) is 0 Å². The van der Waals surface area contributed by atoms with Crippen molar-refractivity contribution >= 4 is 27.5 Å². The van der Waals surface area contributed by atoms with Gasteiger partial charge in [0.2, 0.25) is 15.9 Å². The van der Waals surface area contributed by atoms with Gasteiger partial charge in [0.15, 0.2) is 11.5 Å². The molecule has 7 nitrogen and oxygen atoms in total. The van der Waals surface area contributed by atoms with Gasteiger partial charge in [-0.25, -0.2) is 8.42 Å². The van der Waals surface area contributed by atoms with Crippen LogP contribution < -0.4 is 9.47 Å². The van der Waals surface area contributed by atoms with Crippen LogP contribution in [0, 0.1) is 0 Å². The largest absolute Gasteiger partial charge is 0.493 e. The zero-order valence-corrected chi connectivity index (χ0v) is 18.6. The van der Waals surface area contributed by atoms with Crippen molar-refractivity contribution in [1.82, 2.24) is 9.21 Å². The van der Waals surface area contributed by atoms with Crippen molar-refractivity contribution in [1.29, 1.82) is 0 Å². The molecule has 0 atom stereocenters. The van der Waals surface area contributed by atoms with Gasteiger partial charge in [-0.3, -0.25) is 4.79 Å². The van der Waals surface area contributed by atoms with Gasteiger partial charge in [-0.05, 0) is 30.2 Å². The molecular formula is C21H25ClN2O5S. The third-order valence-corrected chi connectivity index (χ3v) is 7.41. The fourth-order valence-corrected chi connectivity index (χ4v) is 5.07. The molecule has 1 amide bonds. The maximum Gasteiger partial charge on any atom is 0.243 e. The predicted octanol–water partition coefficient (Wildman–Crippen LogP) is 2.82. The fraction of sp³-hybridized carbons (Fsp3) is 0.381. The molecule has 1 saturated heterocycles. The first kappa shape index (κ1) is 22.4. The predicted molar refractivity (Wildman–Crippen MR) is 115 cm³/mol. The molecule has 0 unspecified atom stereocenters. The second-order valence-corrected chi connectivity index (χ2v) is 9.24. The van der Waals surface area contributed by atoms with Gasteiger partial charge in [0.05, 0.1) is 19.1 Å². The van der Waals surface area contributed by atoms with Gasteiger partial charge >= 0.3 is 0 Å². The molecule has 162 valence electrons. The summed E-state index contributed by atoms with van der Waals surface area (Å²) in [6.07, 6.45) is 0.898. The molecule has 0 aromatic heterocycles. The standard InChI is InChI=1S/C21H25ClN2O5S/c1-28-19-9-8-17(15-20(19)29-2)30(26,27)24-13-11-23(12-14-24)21(25)10-7-16-5-3-4-6-18(16)22/h3-6,8-9,15H,7,10-14H2,1-2H3. The summed E-state index contributed by atoms with van der Waals surface area (Å²) < 4.78 is 37.8. The SMILES string of the molecule is COc1ccc(S(=O)(=O)N2CCN(C(=O)CCc3ccccc3Cl)CC2)cc1OC. The third kappa shape index (κ3) is 4.88. The minimum atomic E-state index is -3.69. The number of carbonyl (C=O) groups is 1. The van der Waals surface area contributed by atoms with Crippen LogP contribution in [0.2, 0.25) is 5.02 Å². The van der Waals surface area contributed by atoms with E-state index >= 15 is 0 Å². The summed E-state index contributed by atoms with van der Waals surface area (Å²) in [4.78, 5) is 14.4. The molecule has 9 heteroatoms. The molecule has 0 saturated carbocycles. The number of hydrogen-bond donors (Lipinski definition) is 0. The lowest BCUT2D eigenvalue weighted by Gasteiger charge is -2.34. The van der Waals surface area contributed by atoms with Crippen LogP contribution in [-0.4, -0.2) is 63.9 Å². The Morgan fingerprint density at radius 2 is 1.67 bits per heavy atom. The number of methoxy groups -OCH3 is 2. The van der Waals surface area contributed by atoms with Crippen molar-refractivity contribution in [3.8, 4) is 11.5 Å². The normalized spacial score (nSPS) is 15.1. The van der Waals surface area contributed by atoms with Gasteiger partial charge in [-0.1, -0.05) is 29.8 Å². The number of aryl methyl sites for hydroxylation is 1. The van der Waals surface area contributed by atoms with Crippen LogP contribution in [-0.2, 0) is 21.2 Å². The number of benzene rings is 2. The molecule has 1 heterocycles. The van der Waals surface area contributed by atoms with E-state index in [0.29, 0.717) is 42.5 Å². The summed E-state index contributed by atoms with van der Waals surface area (Å²) in [6.45, 7) is 1.20. The maximum atomic E-state index is 13.0. The number of amides is 1. The van der Waals surface area contributed by atoms with Crippen molar-refractivity contribution < 1.29 is 22.7 Å². The summed E-state index contributed by atoms with van der Waals surface area (Å²) in [6, 6.07) is 12.0. The van der Waals surface area contributed by atoms with Gasteiger partial charge in [0, 0.05) is 43.7 Å². The molecule has 0 radical (unpaired) electrons. The summed E-state index contributed by atoms with van der Waals surface area (Å²) in [5.41, 5.74) is 0.933. The van der Waals surface area contributed by atoms with E-state index in [-0.39, 0.29) is 23.9 Å². The monoisotopic (exact) mass is 452 g/mol. The Hall–Kier alpha value is -2.29. The smallest absolute Gasteiger partial charge is 0.243 e. The van der Waals surface area contributed by atoms with E-state index in [9.17, 15) is 13.2 Å². The van der Waals surface area contributed by atoms with Gasteiger partial charge in [-0.15, -0.1) is 0 Å². The van der Waals surface area contributed by atoms with Crippen LogP contribution >= 0.6 is 11.6 Å². The summed E-state index contributed by atoms with van der Waals surface area (Å²) in [5, 5.41) is 0.649. The lowest BCUT2D eigenvalue weighted by Crippen LogP contribution is -2.50. The number of hydrogen-bond acceptors (Lipinski definition) is 5. The number of rotatable bonds is 7. The molecule has 2 aromatic carbocycles. The van der Waals surface area contributed by atoms with Gasteiger partial charge in [-0.2, -0.15) is 4.31 Å². The Morgan fingerprint density at radius 1 is 1.00 bits per heavy atom. The Balaban J connectivity index is 1.60. The third-order valence-electron chi connectivity index (χ3n) is 5.15. The van der Waals surface area contributed by atoms with E-state index in [1.165, 1.54) is 30.7 Å². The van der Waals surface area contributed by atoms with Crippen LogP contribution in [0.1, 0.15) is 12.0 Å². The molecule has 0 spiro atoms. The molecular weight excluding hydrogens is 428 g/mol. The second-order valence-electron chi connectivity index (χ2n) is 6.89. The minimum absolute atomic E-state index is 0.00177. The Morgan fingerprint density at radius 3 is 2.30 bits per heavy atom.